The largest absolute Gasteiger partial charge is 0.493 e. The molecule has 3 nitrogen and oxygen atoms in total. The summed E-state index contributed by atoms with van der Waals surface area (Å²) in [6, 6.07) is 6.60. The van der Waals surface area contributed by atoms with Crippen LogP contribution in [0.1, 0.15) is 44.7 Å². The monoisotopic (exact) mass is 276 g/mol. The van der Waals surface area contributed by atoms with Crippen molar-refractivity contribution in [2.75, 3.05) is 27.2 Å². The second-order valence-corrected chi connectivity index (χ2v) is 7.04. The van der Waals surface area contributed by atoms with Crippen molar-refractivity contribution in [2.24, 2.45) is 5.73 Å². The minimum Gasteiger partial charge on any atom is -0.493 e. The zero-order valence-electron chi connectivity index (χ0n) is 13.5. The number of hydrogen-bond donors (Lipinski definition) is 1. The van der Waals surface area contributed by atoms with Gasteiger partial charge in [0, 0.05) is 12.1 Å². The summed E-state index contributed by atoms with van der Waals surface area (Å²) in [5, 5.41) is 0. The van der Waals surface area contributed by atoms with Crippen LogP contribution in [0.5, 0.6) is 5.75 Å². The lowest BCUT2D eigenvalue weighted by atomic mass is 9.79. The molecule has 1 aromatic rings. The summed E-state index contributed by atoms with van der Waals surface area (Å²) in [4.78, 5) is 2.26. The summed E-state index contributed by atoms with van der Waals surface area (Å²) in [6.07, 6.45) is 2.08. The Labute approximate surface area is 123 Å². The highest BCUT2D eigenvalue weighted by Crippen LogP contribution is 2.41. The molecule has 1 aliphatic rings. The van der Waals surface area contributed by atoms with Crippen LogP contribution in [0.25, 0.3) is 0 Å². The predicted molar refractivity (Wildman–Crippen MR) is 84.3 cm³/mol. The highest BCUT2D eigenvalue weighted by molar-refractivity contribution is 5.45. The van der Waals surface area contributed by atoms with Gasteiger partial charge in [-0.1, -0.05) is 26.8 Å². The van der Waals surface area contributed by atoms with E-state index in [9.17, 15) is 0 Å². The van der Waals surface area contributed by atoms with Crippen molar-refractivity contribution < 1.29 is 4.74 Å². The number of rotatable bonds is 2. The van der Waals surface area contributed by atoms with Gasteiger partial charge in [0.25, 0.3) is 0 Å². The van der Waals surface area contributed by atoms with Gasteiger partial charge in [0.15, 0.2) is 0 Å². The van der Waals surface area contributed by atoms with Crippen molar-refractivity contribution >= 4 is 0 Å². The van der Waals surface area contributed by atoms with Crippen LogP contribution in [0.2, 0.25) is 0 Å². The van der Waals surface area contributed by atoms with E-state index < -0.39 is 0 Å². The molecule has 0 fully saturated rings. The third-order valence-corrected chi connectivity index (χ3v) is 4.53. The highest BCUT2D eigenvalue weighted by atomic mass is 16.5. The van der Waals surface area contributed by atoms with E-state index in [2.05, 4.69) is 58.0 Å². The quantitative estimate of drug-likeness (QED) is 0.902. The summed E-state index contributed by atoms with van der Waals surface area (Å²) < 4.78 is 5.94. The Morgan fingerprint density at radius 2 is 2.00 bits per heavy atom. The zero-order chi connectivity index (χ0) is 15.0. The summed E-state index contributed by atoms with van der Waals surface area (Å²) in [5.74, 6) is 0.995. The fourth-order valence-electron chi connectivity index (χ4n) is 3.03. The average molecular weight is 276 g/mol. The molecule has 0 aromatic heterocycles. The lowest BCUT2D eigenvalue weighted by molar-refractivity contribution is 0.147. The lowest BCUT2D eigenvalue weighted by Gasteiger charge is -2.39. The summed E-state index contributed by atoms with van der Waals surface area (Å²) >= 11 is 0. The van der Waals surface area contributed by atoms with Gasteiger partial charge in [-0.2, -0.15) is 0 Å². The van der Waals surface area contributed by atoms with Gasteiger partial charge < -0.3 is 10.5 Å². The Balaban J connectivity index is 2.62. The molecule has 0 radical (unpaired) electrons. The van der Waals surface area contributed by atoms with Gasteiger partial charge in [0.2, 0.25) is 0 Å². The third kappa shape index (κ3) is 2.57. The molecule has 1 heterocycles. The Hall–Kier alpha value is -1.06. The Morgan fingerprint density at radius 1 is 1.30 bits per heavy atom. The molecule has 112 valence electrons. The standard InChI is InChI=1S/C17H28N2O/c1-16(2,3)13-7-8-15-14(11-13)17(12-18,19(4)5)9-6-10-20-15/h7-8,11H,6,9-10,12,18H2,1-5H3. The Kier molecular flexibility index (Phi) is 4.12. The number of nitrogens with zero attached hydrogens (tertiary/aromatic N) is 1. The van der Waals surface area contributed by atoms with Crippen LogP contribution in [0.15, 0.2) is 18.2 Å². The van der Waals surface area contributed by atoms with Gasteiger partial charge in [0.1, 0.15) is 5.75 Å². The maximum Gasteiger partial charge on any atom is 0.124 e. The molecule has 3 heteroatoms. The summed E-state index contributed by atoms with van der Waals surface area (Å²) in [5.41, 5.74) is 8.78. The molecule has 2 N–H and O–H groups in total. The molecule has 0 spiro atoms. The maximum absolute atomic E-state index is 6.19. The van der Waals surface area contributed by atoms with Crippen LogP contribution in [-0.4, -0.2) is 32.1 Å². The molecule has 1 atom stereocenters. The molecule has 20 heavy (non-hydrogen) atoms. The van der Waals surface area contributed by atoms with Crippen LogP contribution in [-0.2, 0) is 11.0 Å². The Bertz CT molecular complexity index is 476. The van der Waals surface area contributed by atoms with Crippen LogP contribution in [0, 0.1) is 0 Å². The third-order valence-electron chi connectivity index (χ3n) is 4.53. The van der Waals surface area contributed by atoms with Crippen LogP contribution >= 0.6 is 0 Å². The minimum atomic E-state index is -0.118. The first-order valence-corrected chi connectivity index (χ1v) is 7.46. The first-order valence-electron chi connectivity index (χ1n) is 7.46. The first kappa shape index (κ1) is 15.3. The lowest BCUT2D eigenvalue weighted by Crippen LogP contribution is -2.47. The van der Waals surface area contributed by atoms with Gasteiger partial charge >= 0.3 is 0 Å². The van der Waals surface area contributed by atoms with E-state index in [1.807, 2.05) is 0 Å². The number of nitrogens with two attached hydrogens (primary N) is 1. The smallest absolute Gasteiger partial charge is 0.124 e. The average Bonchev–Trinajstić information content (AvgIpc) is 2.56. The molecule has 2 rings (SSSR count). The van der Waals surface area contributed by atoms with E-state index in [1.54, 1.807) is 0 Å². The molecule has 1 aromatic carbocycles. The van der Waals surface area contributed by atoms with Crippen molar-refractivity contribution in [1.29, 1.82) is 0 Å². The fraction of sp³-hybridized carbons (Fsp3) is 0.647. The molecule has 0 amide bonds. The molecule has 0 bridgehead atoms. The van der Waals surface area contributed by atoms with Crippen molar-refractivity contribution in [3.63, 3.8) is 0 Å². The molecule has 1 aliphatic heterocycles. The van der Waals surface area contributed by atoms with E-state index in [4.69, 9.17) is 10.5 Å². The molecule has 0 aliphatic carbocycles. The van der Waals surface area contributed by atoms with E-state index >= 15 is 0 Å². The van der Waals surface area contributed by atoms with Gasteiger partial charge in [-0.05, 0) is 50.0 Å². The topological polar surface area (TPSA) is 38.5 Å². The van der Waals surface area contributed by atoms with E-state index in [1.165, 1.54) is 11.1 Å². The van der Waals surface area contributed by atoms with Crippen LogP contribution in [0.4, 0.5) is 0 Å². The van der Waals surface area contributed by atoms with Crippen LogP contribution < -0.4 is 10.5 Å². The number of hydrogen-bond acceptors (Lipinski definition) is 3. The second kappa shape index (κ2) is 5.38. The highest BCUT2D eigenvalue weighted by Gasteiger charge is 2.37. The van der Waals surface area contributed by atoms with Crippen molar-refractivity contribution in [3.8, 4) is 5.75 Å². The minimum absolute atomic E-state index is 0.118. The van der Waals surface area contributed by atoms with Gasteiger partial charge in [-0.25, -0.2) is 0 Å². The normalized spacial score (nSPS) is 23.1. The number of benzene rings is 1. The van der Waals surface area contributed by atoms with Crippen molar-refractivity contribution in [2.45, 2.75) is 44.6 Å². The number of fused-ring (bicyclic) bond motifs is 1. The number of likely N-dealkylation sites (N-methyl/N-ethyl adjacent to an activating group) is 1. The zero-order valence-corrected chi connectivity index (χ0v) is 13.5. The number of ether oxygens (including phenoxy) is 1. The molecular weight excluding hydrogens is 248 g/mol. The maximum atomic E-state index is 6.19. The second-order valence-electron chi connectivity index (χ2n) is 7.04. The molecule has 0 saturated heterocycles. The van der Waals surface area contributed by atoms with E-state index in [-0.39, 0.29) is 11.0 Å². The van der Waals surface area contributed by atoms with Gasteiger partial charge in [-0.15, -0.1) is 0 Å². The summed E-state index contributed by atoms with van der Waals surface area (Å²) in [6.45, 7) is 8.12. The SMILES string of the molecule is CN(C)C1(CN)CCCOc2ccc(C(C)(C)C)cc21. The first-order chi connectivity index (χ1) is 9.31. The van der Waals surface area contributed by atoms with Gasteiger partial charge in [-0.3, -0.25) is 4.90 Å². The summed E-state index contributed by atoms with van der Waals surface area (Å²) in [7, 11) is 4.23. The predicted octanol–water partition coefficient (Wildman–Crippen LogP) is 2.87. The van der Waals surface area contributed by atoms with E-state index in [0.717, 1.165) is 25.2 Å². The van der Waals surface area contributed by atoms with E-state index in [0.29, 0.717) is 6.54 Å². The molecular formula is C17H28N2O. The van der Waals surface area contributed by atoms with Crippen LogP contribution in [0.3, 0.4) is 0 Å². The Morgan fingerprint density at radius 3 is 2.55 bits per heavy atom. The fourth-order valence-corrected chi connectivity index (χ4v) is 3.03. The molecule has 0 saturated carbocycles. The van der Waals surface area contributed by atoms with Gasteiger partial charge in [0.05, 0.1) is 12.1 Å². The van der Waals surface area contributed by atoms with Crippen molar-refractivity contribution in [1.82, 2.24) is 4.90 Å². The molecule has 1 unspecified atom stereocenters. The van der Waals surface area contributed by atoms with Crippen molar-refractivity contribution in [3.05, 3.63) is 29.3 Å².